The number of pyridine rings is 1. The van der Waals surface area contributed by atoms with Gasteiger partial charge in [-0.25, -0.2) is 4.99 Å². The summed E-state index contributed by atoms with van der Waals surface area (Å²) in [5.41, 5.74) is 3.02. The van der Waals surface area contributed by atoms with Crippen LogP contribution in [0.25, 0.3) is 0 Å². The number of nitrogens with zero attached hydrogens (tertiary/aromatic N) is 2. The minimum atomic E-state index is 0.519. The predicted molar refractivity (Wildman–Crippen MR) is 103 cm³/mol. The maximum Gasteiger partial charge on any atom is 0.191 e. The fraction of sp³-hybridized carbons (Fsp3) is 0.684. The van der Waals surface area contributed by atoms with Gasteiger partial charge in [0, 0.05) is 43.6 Å². The number of guanidine groups is 1. The van der Waals surface area contributed by atoms with Gasteiger partial charge in [-0.2, -0.15) is 0 Å². The van der Waals surface area contributed by atoms with E-state index in [0.717, 1.165) is 67.7 Å². The van der Waals surface area contributed by atoms with Crippen molar-refractivity contribution in [3.63, 3.8) is 0 Å². The summed E-state index contributed by atoms with van der Waals surface area (Å²) >= 11 is 0. The van der Waals surface area contributed by atoms with E-state index in [0.29, 0.717) is 6.54 Å². The predicted octanol–water partition coefficient (Wildman–Crippen LogP) is 2.97. The Kier molecular flexibility index (Phi) is 10.6. The monoisotopic (exact) mass is 350 g/mol. The molecular weight excluding hydrogens is 316 g/mol. The van der Waals surface area contributed by atoms with E-state index in [4.69, 9.17) is 9.47 Å². The molecule has 0 amide bonds. The van der Waals surface area contributed by atoms with Crippen LogP contribution in [-0.2, 0) is 11.3 Å². The number of methoxy groups -OCH3 is 1. The Bertz CT molecular complexity index is 532. The van der Waals surface area contributed by atoms with Crippen LogP contribution in [0.1, 0.15) is 49.9 Å². The van der Waals surface area contributed by atoms with E-state index in [1.807, 2.05) is 20.0 Å². The van der Waals surface area contributed by atoms with Gasteiger partial charge in [0.05, 0.1) is 19.3 Å². The second-order valence-electron chi connectivity index (χ2n) is 5.99. The van der Waals surface area contributed by atoms with Crippen molar-refractivity contribution >= 4 is 5.96 Å². The van der Waals surface area contributed by atoms with Crippen molar-refractivity contribution in [2.24, 2.45) is 4.99 Å². The zero-order chi connectivity index (χ0) is 18.5. The molecule has 1 aromatic rings. The highest BCUT2D eigenvalue weighted by Gasteiger charge is 2.09. The fourth-order valence-corrected chi connectivity index (χ4v) is 2.46. The number of aromatic nitrogens is 1. The van der Waals surface area contributed by atoms with Crippen LogP contribution in [0.5, 0.6) is 5.75 Å². The summed E-state index contributed by atoms with van der Waals surface area (Å²) < 4.78 is 11.0. The molecule has 0 saturated carbocycles. The number of nitrogens with one attached hydrogen (secondary N) is 2. The molecule has 0 radical (unpaired) electrons. The van der Waals surface area contributed by atoms with Gasteiger partial charge in [0.2, 0.25) is 0 Å². The van der Waals surface area contributed by atoms with Crippen LogP contribution in [0.4, 0.5) is 0 Å². The molecule has 1 rings (SSSR count). The normalized spacial score (nSPS) is 11.5. The summed E-state index contributed by atoms with van der Waals surface area (Å²) in [4.78, 5) is 9.13. The zero-order valence-electron chi connectivity index (χ0n) is 16.4. The first kappa shape index (κ1) is 21.2. The third-order valence-corrected chi connectivity index (χ3v) is 3.88. The van der Waals surface area contributed by atoms with Gasteiger partial charge in [0.15, 0.2) is 5.96 Å². The van der Waals surface area contributed by atoms with Gasteiger partial charge >= 0.3 is 0 Å². The van der Waals surface area contributed by atoms with Gasteiger partial charge in [0.25, 0.3) is 0 Å². The van der Waals surface area contributed by atoms with Crippen LogP contribution in [0.3, 0.4) is 0 Å². The number of aliphatic imine (C=N–C) groups is 1. The van der Waals surface area contributed by atoms with E-state index in [9.17, 15) is 0 Å². The van der Waals surface area contributed by atoms with Crippen molar-refractivity contribution in [2.75, 3.05) is 33.4 Å². The maximum atomic E-state index is 5.57. The summed E-state index contributed by atoms with van der Waals surface area (Å²) in [6.45, 7) is 12.1. The lowest BCUT2D eigenvalue weighted by Gasteiger charge is -2.13. The fourth-order valence-electron chi connectivity index (χ4n) is 2.46. The van der Waals surface area contributed by atoms with E-state index < -0.39 is 0 Å². The Hall–Kier alpha value is -1.82. The minimum Gasteiger partial charge on any atom is -0.496 e. The smallest absolute Gasteiger partial charge is 0.191 e. The molecule has 142 valence electrons. The van der Waals surface area contributed by atoms with E-state index in [1.54, 1.807) is 7.11 Å². The average Bonchev–Trinajstić information content (AvgIpc) is 2.60. The third kappa shape index (κ3) is 7.73. The first-order valence-corrected chi connectivity index (χ1v) is 9.22. The average molecular weight is 351 g/mol. The highest BCUT2D eigenvalue weighted by Crippen LogP contribution is 2.24. The maximum absolute atomic E-state index is 5.57. The molecule has 0 atom stereocenters. The highest BCUT2D eigenvalue weighted by atomic mass is 16.5. The molecule has 0 bridgehead atoms. The van der Waals surface area contributed by atoms with Crippen molar-refractivity contribution in [2.45, 2.75) is 53.5 Å². The van der Waals surface area contributed by atoms with Gasteiger partial charge < -0.3 is 20.1 Å². The lowest BCUT2D eigenvalue weighted by molar-refractivity contribution is 0.129. The molecule has 0 spiro atoms. The largest absolute Gasteiger partial charge is 0.496 e. The van der Waals surface area contributed by atoms with E-state index in [-0.39, 0.29) is 0 Å². The summed E-state index contributed by atoms with van der Waals surface area (Å²) in [5, 5.41) is 6.60. The molecule has 0 aliphatic rings. The second-order valence-corrected chi connectivity index (χ2v) is 5.99. The molecule has 2 N–H and O–H groups in total. The summed E-state index contributed by atoms with van der Waals surface area (Å²) in [7, 11) is 1.69. The highest BCUT2D eigenvalue weighted by molar-refractivity contribution is 5.79. The summed E-state index contributed by atoms with van der Waals surface area (Å²) in [5.74, 6) is 1.69. The molecule has 25 heavy (non-hydrogen) atoms. The summed E-state index contributed by atoms with van der Waals surface area (Å²) in [6, 6.07) is 0. The molecule has 0 saturated heterocycles. The van der Waals surface area contributed by atoms with Gasteiger partial charge in [-0.15, -0.1) is 0 Å². The Morgan fingerprint density at radius 2 is 1.92 bits per heavy atom. The summed E-state index contributed by atoms with van der Waals surface area (Å²) in [6.07, 6.45) is 5.10. The SMILES string of the molecule is CCCCOCCCNC(=NCc1ncc(C)c(OC)c1C)NCC. The topological polar surface area (TPSA) is 67.8 Å². The molecule has 6 heteroatoms. The third-order valence-electron chi connectivity index (χ3n) is 3.88. The van der Waals surface area contributed by atoms with Crippen molar-refractivity contribution in [3.8, 4) is 5.75 Å². The molecule has 0 unspecified atom stereocenters. The van der Waals surface area contributed by atoms with Gasteiger partial charge in [-0.05, 0) is 33.6 Å². The Morgan fingerprint density at radius 3 is 2.60 bits per heavy atom. The second kappa shape index (κ2) is 12.5. The van der Waals surface area contributed by atoms with E-state index in [2.05, 4.69) is 34.5 Å². The number of hydrogen-bond acceptors (Lipinski definition) is 4. The van der Waals surface area contributed by atoms with Gasteiger partial charge in [0.1, 0.15) is 5.75 Å². The van der Waals surface area contributed by atoms with E-state index in [1.165, 1.54) is 6.42 Å². The number of ether oxygens (including phenoxy) is 2. The lowest BCUT2D eigenvalue weighted by atomic mass is 10.1. The van der Waals surface area contributed by atoms with Crippen molar-refractivity contribution in [1.82, 2.24) is 15.6 Å². The van der Waals surface area contributed by atoms with Gasteiger partial charge in [-0.1, -0.05) is 13.3 Å². The van der Waals surface area contributed by atoms with Crippen molar-refractivity contribution in [1.29, 1.82) is 0 Å². The lowest BCUT2D eigenvalue weighted by Crippen LogP contribution is -2.38. The van der Waals surface area contributed by atoms with Crippen LogP contribution in [0.2, 0.25) is 0 Å². The first-order chi connectivity index (χ1) is 12.1. The molecule has 1 aromatic heterocycles. The first-order valence-electron chi connectivity index (χ1n) is 9.22. The molecule has 6 nitrogen and oxygen atoms in total. The van der Waals surface area contributed by atoms with Crippen LogP contribution < -0.4 is 15.4 Å². The minimum absolute atomic E-state index is 0.519. The number of rotatable bonds is 11. The molecule has 1 heterocycles. The van der Waals surface area contributed by atoms with Crippen molar-refractivity contribution in [3.05, 3.63) is 23.0 Å². The Labute approximate surface area is 152 Å². The molecular formula is C19H34N4O2. The Balaban J connectivity index is 2.53. The van der Waals surface area contributed by atoms with E-state index >= 15 is 0 Å². The molecule has 0 aliphatic carbocycles. The zero-order valence-corrected chi connectivity index (χ0v) is 16.4. The molecule has 0 fully saturated rings. The molecule has 0 aromatic carbocycles. The van der Waals surface area contributed by atoms with Crippen LogP contribution in [0.15, 0.2) is 11.2 Å². The standard InChI is InChI=1S/C19H34N4O2/c1-6-8-11-25-12-9-10-21-19(20-7-2)23-14-17-16(4)18(24-5)15(3)13-22-17/h13H,6-12,14H2,1-5H3,(H2,20,21,23). The van der Waals surface area contributed by atoms with Crippen molar-refractivity contribution < 1.29 is 9.47 Å². The quantitative estimate of drug-likeness (QED) is 0.365. The van der Waals surface area contributed by atoms with Crippen LogP contribution in [-0.4, -0.2) is 44.4 Å². The van der Waals surface area contributed by atoms with Crippen LogP contribution in [0, 0.1) is 13.8 Å². The number of unbranched alkanes of at least 4 members (excludes halogenated alkanes) is 1. The molecule has 0 aliphatic heterocycles. The number of aryl methyl sites for hydroxylation is 1. The van der Waals surface area contributed by atoms with Gasteiger partial charge in [-0.3, -0.25) is 4.98 Å². The Morgan fingerprint density at radius 1 is 1.16 bits per heavy atom. The number of hydrogen-bond donors (Lipinski definition) is 2. The van der Waals surface area contributed by atoms with Crippen LogP contribution >= 0.6 is 0 Å².